The minimum Gasteiger partial charge on any atom is -0.349 e. The summed E-state index contributed by atoms with van der Waals surface area (Å²) in [6.45, 7) is 0.900. The molecule has 0 bridgehead atoms. The Kier molecular flexibility index (Phi) is 2.18. The van der Waals surface area contributed by atoms with Gasteiger partial charge in [0.25, 0.3) is 0 Å². The first-order valence-corrected chi connectivity index (χ1v) is 5.35. The van der Waals surface area contributed by atoms with E-state index in [1.165, 1.54) is 16.3 Å². The van der Waals surface area contributed by atoms with Gasteiger partial charge in [-0.05, 0) is 28.5 Å². The second kappa shape index (κ2) is 3.81. The number of rotatable bonds is 2. The molecule has 0 N–H and O–H groups in total. The molecule has 0 amide bonds. The van der Waals surface area contributed by atoms with Gasteiger partial charge in [-0.15, -0.1) is 0 Å². The van der Waals surface area contributed by atoms with Crippen molar-refractivity contribution in [2.45, 2.75) is 6.54 Å². The van der Waals surface area contributed by atoms with Gasteiger partial charge in [0, 0.05) is 31.3 Å². The SMILES string of the molecule is c1ccc2cn(Cc3ccncc3)cc2c1. The second-order valence-corrected chi connectivity index (χ2v) is 3.91. The van der Waals surface area contributed by atoms with Gasteiger partial charge >= 0.3 is 0 Å². The van der Waals surface area contributed by atoms with E-state index in [4.69, 9.17) is 0 Å². The van der Waals surface area contributed by atoms with Crippen LogP contribution in [0.15, 0.2) is 61.2 Å². The van der Waals surface area contributed by atoms with Gasteiger partial charge in [-0.1, -0.05) is 24.3 Å². The summed E-state index contributed by atoms with van der Waals surface area (Å²) in [5.74, 6) is 0. The van der Waals surface area contributed by atoms with Crippen LogP contribution in [0.1, 0.15) is 5.56 Å². The maximum absolute atomic E-state index is 4.02. The van der Waals surface area contributed by atoms with Crippen LogP contribution in [0.4, 0.5) is 0 Å². The van der Waals surface area contributed by atoms with Crippen LogP contribution in [0.5, 0.6) is 0 Å². The predicted octanol–water partition coefficient (Wildman–Crippen LogP) is 3.08. The van der Waals surface area contributed by atoms with E-state index in [9.17, 15) is 0 Å². The van der Waals surface area contributed by atoms with Crippen molar-refractivity contribution >= 4 is 10.8 Å². The third-order valence-electron chi connectivity index (χ3n) is 2.72. The first-order chi connectivity index (χ1) is 7.92. The number of aromatic nitrogens is 2. The molecule has 2 aromatic heterocycles. The molecule has 3 rings (SSSR count). The molecule has 0 aliphatic carbocycles. The van der Waals surface area contributed by atoms with Crippen molar-refractivity contribution in [3.63, 3.8) is 0 Å². The van der Waals surface area contributed by atoms with E-state index < -0.39 is 0 Å². The summed E-state index contributed by atoms with van der Waals surface area (Å²) in [7, 11) is 0. The molecule has 0 atom stereocenters. The van der Waals surface area contributed by atoms with Gasteiger partial charge in [0.15, 0.2) is 0 Å². The third kappa shape index (κ3) is 1.70. The highest BCUT2D eigenvalue weighted by atomic mass is 14.9. The summed E-state index contributed by atoms with van der Waals surface area (Å²) < 4.78 is 2.21. The molecule has 1 aromatic carbocycles. The van der Waals surface area contributed by atoms with Crippen LogP contribution in [0.25, 0.3) is 10.8 Å². The number of hydrogen-bond acceptors (Lipinski definition) is 1. The van der Waals surface area contributed by atoms with Crippen molar-refractivity contribution < 1.29 is 0 Å². The maximum Gasteiger partial charge on any atom is 0.0471 e. The van der Waals surface area contributed by atoms with E-state index in [1.807, 2.05) is 24.5 Å². The minimum absolute atomic E-state index is 0.900. The van der Waals surface area contributed by atoms with E-state index in [0.717, 1.165) is 6.54 Å². The first-order valence-electron chi connectivity index (χ1n) is 5.35. The highest BCUT2D eigenvalue weighted by molar-refractivity contribution is 5.82. The lowest BCUT2D eigenvalue weighted by Crippen LogP contribution is -1.95. The Morgan fingerprint density at radius 1 is 0.875 bits per heavy atom. The van der Waals surface area contributed by atoms with Crippen LogP contribution in [0, 0.1) is 0 Å². The van der Waals surface area contributed by atoms with Crippen molar-refractivity contribution in [1.29, 1.82) is 0 Å². The molecule has 16 heavy (non-hydrogen) atoms. The van der Waals surface area contributed by atoms with E-state index in [-0.39, 0.29) is 0 Å². The zero-order chi connectivity index (χ0) is 10.8. The van der Waals surface area contributed by atoms with Gasteiger partial charge in [0.1, 0.15) is 0 Å². The van der Waals surface area contributed by atoms with Gasteiger partial charge < -0.3 is 4.57 Å². The third-order valence-corrected chi connectivity index (χ3v) is 2.72. The fourth-order valence-electron chi connectivity index (χ4n) is 1.93. The van der Waals surface area contributed by atoms with Gasteiger partial charge in [-0.2, -0.15) is 0 Å². The van der Waals surface area contributed by atoms with Gasteiger partial charge in [-0.3, -0.25) is 4.98 Å². The molecule has 0 aliphatic heterocycles. The molecule has 0 spiro atoms. The Bertz CT molecular complexity index is 563. The quantitative estimate of drug-likeness (QED) is 0.632. The normalized spacial score (nSPS) is 10.8. The fourth-order valence-corrected chi connectivity index (χ4v) is 1.93. The van der Waals surface area contributed by atoms with E-state index in [2.05, 4.69) is 46.2 Å². The average molecular weight is 208 g/mol. The van der Waals surface area contributed by atoms with Crippen molar-refractivity contribution in [3.8, 4) is 0 Å². The van der Waals surface area contributed by atoms with Gasteiger partial charge in [0.2, 0.25) is 0 Å². The lowest BCUT2D eigenvalue weighted by molar-refractivity contribution is 0.808. The summed E-state index contributed by atoms with van der Waals surface area (Å²) in [5, 5.41) is 2.58. The number of pyridine rings is 1. The van der Waals surface area contributed by atoms with Crippen molar-refractivity contribution in [2.75, 3.05) is 0 Å². The van der Waals surface area contributed by atoms with Crippen LogP contribution in [0.2, 0.25) is 0 Å². The van der Waals surface area contributed by atoms with E-state index in [0.29, 0.717) is 0 Å². The van der Waals surface area contributed by atoms with Crippen molar-refractivity contribution in [3.05, 3.63) is 66.7 Å². The summed E-state index contributed by atoms with van der Waals surface area (Å²) in [5.41, 5.74) is 1.27. The van der Waals surface area contributed by atoms with Gasteiger partial charge in [-0.25, -0.2) is 0 Å². The smallest absolute Gasteiger partial charge is 0.0471 e. The fraction of sp³-hybridized carbons (Fsp3) is 0.0714. The molecule has 0 unspecified atom stereocenters. The highest BCUT2D eigenvalue weighted by Gasteiger charge is 1.98. The topological polar surface area (TPSA) is 17.8 Å². The van der Waals surface area contributed by atoms with Crippen LogP contribution in [-0.4, -0.2) is 9.55 Å². The number of fused-ring (bicyclic) bond motifs is 1. The van der Waals surface area contributed by atoms with E-state index >= 15 is 0 Å². The zero-order valence-electron chi connectivity index (χ0n) is 8.88. The van der Waals surface area contributed by atoms with Crippen LogP contribution in [-0.2, 0) is 6.54 Å². The lowest BCUT2D eigenvalue weighted by atomic mass is 10.2. The molecular weight excluding hydrogens is 196 g/mol. The largest absolute Gasteiger partial charge is 0.349 e. The minimum atomic E-state index is 0.900. The molecule has 0 saturated carbocycles. The Labute approximate surface area is 94.2 Å². The summed E-state index contributed by atoms with van der Waals surface area (Å²) in [6.07, 6.45) is 8.02. The summed E-state index contributed by atoms with van der Waals surface area (Å²) in [6, 6.07) is 12.5. The Hall–Kier alpha value is -2.09. The number of hydrogen-bond donors (Lipinski definition) is 0. The Morgan fingerprint density at radius 3 is 2.12 bits per heavy atom. The molecule has 78 valence electrons. The zero-order valence-corrected chi connectivity index (χ0v) is 8.88. The molecular formula is C14H12N2. The molecule has 0 aliphatic rings. The first kappa shape index (κ1) is 9.16. The predicted molar refractivity (Wildman–Crippen MR) is 65.3 cm³/mol. The summed E-state index contributed by atoms with van der Waals surface area (Å²) in [4.78, 5) is 4.02. The molecule has 0 radical (unpaired) electrons. The van der Waals surface area contributed by atoms with Gasteiger partial charge in [0.05, 0.1) is 0 Å². The number of nitrogens with zero attached hydrogens (tertiary/aromatic N) is 2. The van der Waals surface area contributed by atoms with Crippen LogP contribution in [0.3, 0.4) is 0 Å². The van der Waals surface area contributed by atoms with E-state index in [1.54, 1.807) is 0 Å². The Morgan fingerprint density at radius 2 is 1.50 bits per heavy atom. The monoisotopic (exact) mass is 208 g/mol. The van der Waals surface area contributed by atoms with Crippen LogP contribution < -0.4 is 0 Å². The molecule has 0 fully saturated rings. The number of benzene rings is 1. The molecule has 0 saturated heterocycles. The maximum atomic E-state index is 4.02. The van der Waals surface area contributed by atoms with Crippen molar-refractivity contribution in [2.24, 2.45) is 0 Å². The Balaban J connectivity index is 1.95. The molecule has 2 heteroatoms. The average Bonchev–Trinajstić information content (AvgIpc) is 2.72. The second-order valence-electron chi connectivity index (χ2n) is 3.91. The molecule has 2 heterocycles. The molecule has 3 aromatic rings. The van der Waals surface area contributed by atoms with Crippen molar-refractivity contribution in [1.82, 2.24) is 9.55 Å². The van der Waals surface area contributed by atoms with Crippen LogP contribution >= 0.6 is 0 Å². The highest BCUT2D eigenvalue weighted by Crippen LogP contribution is 2.15. The summed E-state index contributed by atoms with van der Waals surface area (Å²) >= 11 is 0. The molecule has 2 nitrogen and oxygen atoms in total. The lowest BCUT2D eigenvalue weighted by Gasteiger charge is -2.01. The standard InChI is InChI=1S/C14H12N2/c1-2-4-14-11-16(10-13(14)3-1)9-12-5-7-15-8-6-12/h1-8,10-11H,9H2.